The van der Waals surface area contributed by atoms with E-state index < -0.39 is 17.5 Å². The number of aliphatic carboxylic acids is 1. The Balaban J connectivity index is 1.87. The third-order valence-corrected chi connectivity index (χ3v) is 6.68. The van der Waals surface area contributed by atoms with E-state index in [4.69, 9.17) is 4.74 Å². The van der Waals surface area contributed by atoms with Gasteiger partial charge in [-0.25, -0.2) is 4.39 Å². The van der Waals surface area contributed by atoms with Crippen LogP contribution < -0.4 is 0 Å². The van der Waals surface area contributed by atoms with Crippen LogP contribution in [0.4, 0.5) is 4.39 Å². The first-order chi connectivity index (χ1) is 14.2. The largest absolute Gasteiger partial charge is 0.507 e. The SMILES string of the molecule is CC1(C)CO[C@@]2(CC[C@H](C(=O)O)C2)c2c1n(-c1ccc(F)cc1)c1cccc(O)c21. The number of ether oxygens (including phenoxy) is 1. The summed E-state index contributed by atoms with van der Waals surface area (Å²) in [6.45, 7) is 4.60. The smallest absolute Gasteiger partial charge is 0.306 e. The first kappa shape index (κ1) is 19.1. The zero-order valence-electron chi connectivity index (χ0n) is 17.0. The minimum Gasteiger partial charge on any atom is -0.507 e. The lowest BCUT2D eigenvalue weighted by Crippen LogP contribution is -2.43. The van der Waals surface area contributed by atoms with Crippen LogP contribution in [-0.4, -0.2) is 27.4 Å². The summed E-state index contributed by atoms with van der Waals surface area (Å²) < 4.78 is 22.1. The van der Waals surface area contributed by atoms with Crippen molar-refractivity contribution in [1.29, 1.82) is 0 Å². The lowest BCUT2D eigenvalue weighted by molar-refractivity contribution is -0.143. The van der Waals surface area contributed by atoms with Crippen molar-refractivity contribution in [2.24, 2.45) is 5.92 Å². The molecule has 6 heteroatoms. The van der Waals surface area contributed by atoms with Gasteiger partial charge in [-0.15, -0.1) is 0 Å². The molecule has 5 nitrogen and oxygen atoms in total. The minimum absolute atomic E-state index is 0.143. The molecule has 3 aromatic rings. The van der Waals surface area contributed by atoms with E-state index in [1.165, 1.54) is 12.1 Å². The molecule has 1 spiro atoms. The summed E-state index contributed by atoms with van der Waals surface area (Å²) in [4.78, 5) is 11.7. The van der Waals surface area contributed by atoms with E-state index in [9.17, 15) is 19.4 Å². The number of hydrogen-bond donors (Lipinski definition) is 2. The first-order valence-electron chi connectivity index (χ1n) is 10.2. The van der Waals surface area contributed by atoms with Crippen LogP contribution in [0.25, 0.3) is 16.6 Å². The Morgan fingerprint density at radius 3 is 2.60 bits per heavy atom. The second kappa shape index (κ2) is 6.32. The van der Waals surface area contributed by atoms with E-state index in [2.05, 4.69) is 18.4 Å². The molecule has 2 heterocycles. The van der Waals surface area contributed by atoms with Crippen molar-refractivity contribution >= 4 is 16.9 Å². The van der Waals surface area contributed by atoms with Crippen LogP contribution in [0.3, 0.4) is 0 Å². The molecule has 0 bridgehead atoms. The quantitative estimate of drug-likeness (QED) is 0.634. The van der Waals surface area contributed by atoms with E-state index >= 15 is 0 Å². The molecule has 2 atom stereocenters. The van der Waals surface area contributed by atoms with Crippen molar-refractivity contribution < 1.29 is 24.1 Å². The number of carboxylic acids is 1. The average molecular weight is 409 g/mol. The Hall–Kier alpha value is -2.86. The van der Waals surface area contributed by atoms with Gasteiger partial charge in [0.1, 0.15) is 11.6 Å². The van der Waals surface area contributed by atoms with E-state index in [0.717, 1.165) is 22.5 Å². The number of hydrogen-bond acceptors (Lipinski definition) is 3. The van der Waals surface area contributed by atoms with Crippen LogP contribution >= 0.6 is 0 Å². The minimum atomic E-state index is -0.812. The van der Waals surface area contributed by atoms with Crippen molar-refractivity contribution in [3.63, 3.8) is 0 Å². The monoisotopic (exact) mass is 409 g/mol. The number of aromatic hydroxyl groups is 1. The summed E-state index contributed by atoms with van der Waals surface area (Å²) in [6, 6.07) is 11.7. The highest BCUT2D eigenvalue weighted by Gasteiger charge is 2.53. The molecule has 0 unspecified atom stereocenters. The molecular formula is C24H24FNO4. The van der Waals surface area contributed by atoms with Gasteiger partial charge in [0.2, 0.25) is 0 Å². The highest BCUT2D eigenvalue weighted by Crippen LogP contribution is 2.56. The highest BCUT2D eigenvalue weighted by atomic mass is 19.1. The number of phenols is 1. The topological polar surface area (TPSA) is 71.7 Å². The summed E-state index contributed by atoms with van der Waals surface area (Å²) in [5.41, 5.74) is 2.33. The molecule has 0 amide bonds. The number of nitrogens with zero attached hydrogens (tertiary/aromatic N) is 1. The molecule has 1 saturated carbocycles. The number of benzene rings is 2. The second-order valence-electron chi connectivity index (χ2n) is 9.15. The number of rotatable bonds is 2. The van der Waals surface area contributed by atoms with Crippen molar-refractivity contribution in [3.8, 4) is 11.4 Å². The maximum Gasteiger partial charge on any atom is 0.306 e. The number of carbonyl (C=O) groups is 1. The summed E-state index contributed by atoms with van der Waals surface area (Å²) in [7, 11) is 0. The Kier molecular flexibility index (Phi) is 4.03. The van der Waals surface area contributed by atoms with Crippen molar-refractivity contribution in [1.82, 2.24) is 4.57 Å². The van der Waals surface area contributed by atoms with Gasteiger partial charge >= 0.3 is 5.97 Å². The van der Waals surface area contributed by atoms with Gasteiger partial charge in [-0.05, 0) is 55.7 Å². The molecule has 0 radical (unpaired) electrons. The zero-order valence-corrected chi connectivity index (χ0v) is 17.0. The number of aromatic nitrogens is 1. The standard InChI is InChI=1S/C24H24FNO4/c1-23(2)13-30-24(11-10-14(12-24)22(28)29)20-19-17(4-3-5-18(19)27)26(21(20)23)16-8-6-15(25)7-9-16/h3-9,14,27H,10-13H2,1-2H3,(H,28,29)/t14-,24+/m0/s1. The van der Waals surface area contributed by atoms with Gasteiger partial charge < -0.3 is 19.5 Å². The van der Waals surface area contributed by atoms with Crippen LogP contribution in [0.1, 0.15) is 44.4 Å². The van der Waals surface area contributed by atoms with Crippen LogP contribution in [0.15, 0.2) is 42.5 Å². The fourth-order valence-electron chi connectivity index (χ4n) is 5.30. The summed E-state index contributed by atoms with van der Waals surface area (Å²) in [6.07, 6.45) is 1.50. The van der Waals surface area contributed by atoms with Crippen LogP contribution in [-0.2, 0) is 20.5 Å². The van der Waals surface area contributed by atoms with Crippen molar-refractivity contribution in [2.75, 3.05) is 6.61 Å². The highest BCUT2D eigenvalue weighted by molar-refractivity contribution is 5.94. The maximum atomic E-state index is 13.6. The third kappa shape index (κ3) is 2.59. The maximum absolute atomic E-state index is 13.6. The molecule has 1 aliphatic carbocycles. The van der Waals surface area contributed by atoms with E-state index in [-0.39, 0.29) is 17.0 Å². The van der Waals surface area contributed by atoms with Gasteiger partial charge in [0.15, 0.2) is 0 Å². The Bertz CT molecular complexity index is 1160. The molecule has 5 rings (SSSR count). The van der Waals surface area contributed by atoms with Gasteiger partial charge in [0, 0.05) is 27.7 Å². The van der Waals surface area contributed by atoms with Gasteiger partial charge in [-0.2, -0.15) is 0 Å². The van der Waals surface area contributed by atoms with E-state index in [1.807, 2.05) is 6.07 Å². The van der Waals surface area contributed by atoms with Gasteiger partial charge in [0.05, 0.1) is 23.6 Å². The molecular weight excluding hydrogens is 385 g/mol. The lowest BCUT2D eigenvalue weighted by atomic mass is 9.76. The predicted molar refractivity (Wildman–Crippen MR) is 111 cm³/mol. The Labute approximate surface area is 173 Å². The second-order valence-corrected chi connectivity index (χ2v) is 9.15. The van der Waals surface area contributed by atoms with Gasteiger partial charge in [-0.3, -0.25) is 4.79 Å². The van der Waals surface area contributed by atoms with Crippen molar-refractivity contribution in [2.45, 2.75) is 44.1 Å². The molecule has 2 aromatic carbocycles. The molecule has 2 aliphatic rings. The summed E-state index contributed by atoms with van der Waals surface area (Å²) >= 11 is 0. The predicted octanol–water partition coefficient (Wildman–Crippen LogP) is 4.86. The fraction of sp³-hybridized carbons (Fsp3) is 0.375. The van der Waals surface area contributed by atoms with Gasteiger partial charge in [-0.1, -0.05) is 19.9 Å². The third-order valence-electron chi connectivity index (χ3n) is 6.68. The number of carboxylic acid groups (broad SMARTS) is 1. The normalized spacial score (nSPS) is 25.0. The summed E-state index contributed by atoms with van der Waals surface area (Å²) in [5, 5.41) is 21.2. The fourth-order valence-corrected chi connectivity index (χ4v) is 5.30. The molecule has 1 fully saturated rings. The zero-order chi connectivity index (χ0) is 21.3. The summed E-state index contributed by atoms with van der Waals surface area (Å²) in [5.74, 6) is -1.46. The molecule has 0 saturated heterocycles. The lowest BCUT2D eigenvalue weighted by Gasteiger charge is -2.43. The molecule has 2 N–H and O–H groups in total. The molecule has 156 valence electrons. The van der Waals surface area contributed by atoms with Crippen molar-refractivity contribution in [3.05, 3.63) is 59.5 Å². The van der Waals surface area contributed by atoms with Crippen LogP contribution in [0, 0.1) is 11.7 Å². The Morgan fingerprint density at radius 2 is 1.93 bits per heavy atom. The number of fused-ring (bicyclic) bond motifs is 4. The average Bonchev–Trinajstić information content (AvgIpc) is 3.28. The Morgan fingerprint density at radius 1 is 1.20 bits per heavy atom. The molecule has 1 aromatic heterocycles. The number of phenolic OH excluding ortho intramolecular Hbond substituents is 1. The first-order valence-corrected chi connectivity index (χ1v) is 10.2. The van der Waals surface area contributed by atoms with E-state index in [1.54, 1.807) is 24.3 Å². The number of halogens is 1. The van der Waals surface area contributed by atoms with Crippen LogP contribution in [0.2, 0.25) is 0 Å². The van der Waals surface area contributed by atoms with E-state index in [0.29, 0.717) is 31.3 Å². The molecule has 1 aliphatic heterocycles. The van der Waals surface area contributed by atoms with Crippen LogP contribution in [0.5, 0.6) is 5.75 Å². The van der Waals surface area contributed by atoms with Gasteiger partial charge in [0.25, 0.3) is 0 Å². The molecule has 30 heavy (non-hydrogen) atoms.